The first-order chi connectivity index (χ1) is 7.18. The third-order valence-electron chi connectivity index (χ3n) is 3.12. The van der Waals surface area contributed by atoms with Gasteiger partial charge in [-0.15, -0.1) is 0 Å². The SMILES string of the molecule is CC(C)C1CCCN1c1cccc(N)n1. The molecule has 0 aromatic carbocycles. The lowest BCUT2D eigenvalue weighted by atomic mass is 10.0. The van der Waals surface area contributed by atoms with Gasteiger partial charge in [0.05, 0.1) is 0 Å². The van der Waals surface area contributed by atoms with Crippen molar-refractivity contribution in [1.29, 1.82) is 0 Å². The highest BCUT2D eigenvalue weighted by Gasteiger charge is 2.27. The zero-order valence-corrected chi connectivity index (χ0v) is 9.48. The molecule has 1 aliphatic rings. The van der Waals surface area contributed by atoms with E-state index < -0.39 is 0 Å². The van der Waals surface area contributed by atoms with Crippen LogP contribution in [0.5, 0.6) is 0 Å². The number of nitrogen functional groups attached to an aromatic ring is 1. The van der Waals surface area contributed by atoms with E-state index in [1.807, 2.05) is 12.1 Å². The molecule has 3 heteroatoms. The summed E-state index contributed by atoms with van der Waals surface area (Å²) in [5.41, 5.74) is 5.71. The van der Waals surface area contributed by atoms with Gasteiger partial charge in [-0.2, -0.15) is 0 Å². The summed E-state index contributed by atoms with van der Waals surface area (Å²) < 4.78 is 0. The number of pyridine rings is 1. The number of anilines is 2. The van der Waals surface area contributed by atoms with Crippen molar-refractivity contribution in [3.05, 3.63) is 18.2 Å². The second-order valence-electron chi connectivity index (χ2n) is 4.57. The van der Waals surface area contributed by atoms with Crippen LogP contribution >= 0.6 is 0 Å². The van der Waals surface area contributed by atoms with E-state index in [4.69, 9.17) is 5.73 Å². The van der Waals surface area contributed by atoms with Crippen LogP contribution in [-0.2, 0) is 0 Å². The molecule has 0 bridgehead atoms. The first kappa shape index (κ1) is 10.3. The Labute approximate surface area is 91.3 Å². The molecule has 3 nitrogen and oxygen atoms in total. The van der Waals surface area contributed by atoms with Crippen LogP contribution in [-0.4, -0.2) is 17.6 Å². The van der Waals surface area contributed by atoms with Gasteiger partial charge in [0, 0.05) is 12.6 Å². The normalized spacial score (nSPS) is 21.3. The minimum Gasteiger partial charge on any atom is -0.384 e. The minimum absolute atomic E-state index is 0.613. The molecular weight excluding hydrogens is 186 g/mol. The van der Waals surface area contributed by atoms with E-state index in [-0.39, 0.29) is 0 Å². The summed E-state index contributed by atoms with van der Waals surface area (Å²) in [5.74, 6) is 2.32. The van der Waals surface area contributed by atoms with Gasteiger partial charge >= 0.3 is 0 Å². The first-order valence-electron chi connectivity index (χ1n) is 5.67. The van der Waals surface area contributed by atoms with Crippen molar-refractivity contribution in [2.75, 3.05) is 17.2 Å². The maximum Gasteiger partial charge on any atom is 0.131 e. The minimum atomic E-state index is 0.613. The van der Waals surface area contributed by atoms with Gasteiger partial charge in [-0.3, -0.25) is 0 Å². The fraction of sp³-hybridized carbons (Fsp3) is 0.583. The quantitative estimate of drug-likeness (QED) is 0.805. The van der Waals surface area contributed by atoms with Crippen LogP contribution in [0.4, 0.5) is 11.6 Å². The highest BCUT2D eigenvalue weighted by molar-refractivity contribution is 5.46. The van der Waals surface area contributed by atoms with E-state index in [2.05, 4.69) is 29.8 Å². The molecule has 0 spiro atoms. The maximum absolute atomic E-state index is 5.71. The fourth-order valence-corrected chi connectivity index (χ4v) is 2.37. The largest absolute Gasteiger partial charge is 0.384 e. The average molecular weight is 205 g/mol. The topological polar surface area (TPSA) is 42.1 Å². The molecule has 2 heterocycles. The Bertz CT molecular complexity index is 335. The Balaban J connectivity index is 2.22. The van der Waals surface area contributed by atoms with Gasteiger partial charge < -0.3 is 10.6 Å². The summed E-state index contributed by atoms with van der Waals surface area (Å²) in [5, 5.41) is 0. The van der Waals surface area contributed by atoms with Crippen LogP contribution in [0.2, 0.25) is 0 Å². The van der Waals surface area contributed by atoms with Crippen molar-refractivity contribution in [1.82, 2.24) is 4.98 Å². The molecule has 1 aromatic rings. The number of nitrogens with zero attached hydrogens (tertiary/aromatic N) is 2. The van der Waals surface area contributed by atoms with Crippen molar-refractivity contribution in [3.8, 4) is 0 Å². The number of hydrogen-bond acceptors (Lipinski definition) is 3. The monoisotopic (exact) mass is 205 g/mol. The lowest BCUT2D eigenvalue weighted by molar-refractivity contribution is 0.490. The number of aromatic nitrogens is 1. The molecule has 1 unspecified atom stereocenters. The molecule has 1 atom stereocenters. The van der Waals surface area contributed by atoms with E-state index in [0.717, 1.165) is 12.4 Å². The molecule has 2 rings (SSSR count). The van der Waals surface area contributed by atoms with E-state index in [1.54, 1.807) is 0 Å². The Morgan fingerprint density at radius 1 is 1.47 bits per heavy atom. The molecule has 2 N–H and O–H groups in total. The van der Waals surface area contributed by atoms with Crippen molar-refractivity contribution < 1.29 is 0 Å². The van der Waals surface area contributed by atoms with Crippen molar-refractivity contribution >= 4 is 11.6 Å². The molecule has 15 heavy (non-hydrogen) atoms. The van der Waals surface area contributed by atoms with Crippen LogP contribution in [0, 0.1) is 5.92 Å². The fourth-order valence-electron chi connectivity index (χ4n) is 2.37. The first-order valence-corrected chi connectivity index (χ1v) is 5.67. The van der Waals surface area contributed by atoms with E-state index in [0.29, 0.717) is 17.8 Å². The van der Waals surface area contributed by atoms with Gasteiger partial charge in [0.2, 0.25) is 0 Å². The van der Waals surface area contributed by atoms with Gasteiger partial charge in [-0.1, -0.05) is 19.9 Å². The Morgan fingerprint density at radius 2 is 2.27 bits per heavy atom. The third-order valence-corrected chi connectivity index (χ3v) is 3.12. The highest BCUT2D eigenvalue weighted by atomic mass is 15.2. The second-order valence-corrected chi connectivity index (χ2v) is 4.57. The molecular formula is C12H19N3. The van der Waals surface area contributed by atoms with E-state index in [9.17, 15) is 0 Å². The van der Waals surface area contributed by atoms with Crippen LogP contribution in [0.25, 0.3) is 0 Å². The lowest BCUT2D eigenvalue weighted by Gasteiger charge is -2.28. The van der Waals surface area contributed by atoms with Gasteiger partial charge in [0.25, 0.3) is 0 Å². The Kier molecular flexibility index (Phi) is 2.80. The zero-order valence-electron chi connectivity index (χ0n) is 9.48. The average Bonchev–Trinajstić information content (AvgIpc) is 2.65. The summed E-state index contributed by atoms with van der Waals surface area (Å²) in [4.78, 5) is 6.78. The zero-order chi connectivity index (χ0) is 10.8. The van der Waals surface area contributed by atoms with Crippen LogP contribution in [0.1, 0.15) is 26.7 Å². The molecule has 1 aliphatic heterocycles. The highest BCUT2D eigenvalue weighted by Crippen LogP contribution is 2.28. The molecule has 0 aliphatic carbocycles. The summed E-state index contributed by atoms with van der Waals surface area (Å²) in [6, 6.07) is 6.49. The molecule has 1 aromatic heterocycles. The standard InChI is InChI=1S/C12H19N3/c1-9(2)10-5-4-8-15(10)12-7-3-6-11(13)14-12/h3,6-7,9-10H,4-5,8H2,1-2H3,(H2,13,14). The van der Waals surface area contributed by atoms with E-state index >= 15 is 0 Å². The van der Waals surface area contributed by atoms with Crippen molar-refractivity contribution in [2.24, 2.45) is 5.92 Å². The summed E-state index contributed by atoms with van der Waals surface area (Å²) in [6.07, 6.45) is 2.54. The molecule has 1 saturated heterocycles. The van der Waals surface area contributed by atoms with Crippen molar-refractivity contribution in [3.63, 3.8) is 0 Å². The molecule has 82 valence electrons. The molecule has 0 radical (unpaired) electrons. The van der Waals surface area contributed by atoms with Gasteiger partial charge in [-0.25, -0.2) is 4.98 Å². The summed E-state index contributed by atoms with van der Waals surface area (Å²) in [7, 11) is 0. The van der Waals surface area contributed by atoms with Gasteiger partial charge in [0.15, 0.2) is 0 Å². The third kappa shape index (κ3) is 2.06. The molecule has 1 fully saturated rings. The predicted octanol–water partition coefficient (Wildman–Crippen LogP) is 2.29. The molecule has 0 amide bonds. The molecule has 0 saturated carbocycles. The smallest absolute Gasteiger partial charge is 0.131 e. The van der Waals surface area contributed by atoms with E-state index in [1.165, 1.54) is 12.8 Å². The van der Waals surface area contributed by atoms with Crippen LogP contribution < -0.4 is 10.6 Å². The lowest BCUT2D eigenvalue weighted by Crippen LogP contribution is -2.33. The Morgan fingerprint density at radius 3 is 2.93 bits per heavy atom. The predicted molar refractivity (Wildman–Crippen MR) is 63.9 cm³/mol. The van der Waals surface area contributed by atoms with Crippen molar-refractivity contribution in [2.45, 2.75) is 32.7 Å². The second kappa shape index (κ2) is 4.09. The number of rotatable bonds is 2. The van der Waals surface area contributed by atoms with Gasteiger partial charge in [-0.05, 0) is 30.9 Å². The summed E-state index contributed by atoms with van der Waals surface area (Å²) >= 11 is 0. The number of hydrogen-bond donors (Lipinski definition) is 1. The van der Waals surface area contributed by atoms with Gasteiger partial charge in [0.1, 0.15) is 11.6 Å². The van der Waals surface area contributed by atoms with Crippen LogP contribution in [0.3, 0.4) is 0 Å². The number of nitrogens with two attached hydrogens (primary N) is 1. The maximum atomic E-state index is 5.71. The van der Waals surface area contributed by atoms with Crippen LogP contribution in [0.15, 0.2) is 18.2 Å². The summed E-state index contributed by atoms with van der Waals surface area (Å²) in [6.45, 7) is 5.66. The Hall–Kier alpha value is -1.25.